The summed E-state index contributed by atoms with van der Waals surface area (Å²) in [7, 11) is -5.21. The molecule has 12 atom stereocenters. The average molecular weight is 604 g/mol. The monoisotopic (exact) mass is 604 g/mol. The fourth-order valence-electron chi connectivity index (χ4n) is 3.75. The van der Waals surface area contributed by atoms with E-state index in [0.29, 0.717) is 6.40 Å². The number of aliphatic hydroxyl groups is 4. The molecule has 0 aliphatic carbocycles. The molecule has 0 spiro atoms. The van der Waals surface area contributed by atoms with E-state index >= 15 is 0 Å². The van der Waals surface area contributed by atoms with E-state index < -0.39 is 106 Å². The molecule has 0 radical (unpaired) electrons. The van der Waals surface area contributed by atoms with Crippen LogP contribution in [-0.2, 0) is 47.0 Å². The van der Waals surface area contributed by atoms with E-state index in [4.69, 9.17) is 35.0 Å². The number of hydrogen-bond acceptors (Lipinski definition) is 16. The normalized spacial score (nSPS) is 36.6. The lowest BCUT2D eigenvalue weighted by molar-refractivity contribution is -0.330. The average Bonchev–Trinajstić information content (AvgIpc) is 2.87. The Morgan fingerprint density at radius 1 is 1.12 bits per heavy atom. The predicted molar refractivity (Wildman–Crippen MR) is 125 cm³/mol. The van der Waals surface area contributed by atoms with Crippen LogP contribution in [0.15, 0.2) is 0 Å². The van der Waals surface area contributed by atoms with Crippen LogP contribution in [0.3, 0.4) is 0 Å². The minimum atomic E-state index is -5.21. The Hall–Kier alpha value is -2.33. The van der Waals surface area contributed by atoms with Crippen molar-refractivity contribution in [2.45, 2.75) is 75.1 Å². The lowest BCUT2D eigenvalue weighted by Crippen LogP contribution is -2.70. The molecule has 5 unspecified atom stereocenters. The van der Waals surface area contributed by atoms with Gasteiger partial charge in [-0.25, -0.2) is 4.57 Å². The number of carboxylic acids is 1. The third-order valence-electron chi connectivity index (χ3n) is 5.81. The van der Waals surface area contributed by atoms with E-state index in [0.717, 1.165) is 6.92 Å². The number of carbonyl (C=O) groups is 3. The SMILES string of the molecule is CC(=O)NC1[C@H](O[C@@H]2C(NOC=N)C(O)[C@@H](C(N)=O)O[C@H]2OP(=O)(O)OC[C@H](C)C(=O)O)OC(CO)[C@@H](O)[C@@H]1O. The van der Waals surface area contributed by atoms with Crippen LogP contribution in [0, 0.1) is 11.3 Å². The molecule has 11 N–H and O–H groups in total. The summed E-state index contributed by atoms with van der Waals surface area (Å²) in [5.41, 5.74) is 7.41. The highest BCUT2D eigenvalue weighted by atomic mass is 31.2. The number of nitrogens with one attached hydrogen (secondary N) is 3. The van der Waals surface area contributed by atoms with Crippen LogP contribution in [-0.4, -0.2) is 129 Å². The van der Waals surface area contributed by atoms with Gasteiger partial charge in [-0.1, -0.05) is 0 Å². The van der Waals surface area contributed by atoms with Crippen molar-refractivity contribution in [3.63, 3.8) is 0 Å². The Kier molecular flexibility index (Phi) is 12.3. The first-order chi connectivity index (χ1) is 18.6. The van der Waals surface area contributed by atoms with E-state index in [2.05, 4.69) is 20.2 Å². The van der Waals surface area contributed by atoms with Gasteiger partial charge in [-0.3, -0.25) is 28.8 Å². The molecule has 2 heterocycles. The molecule has 2 aliphatic heterocycles. The van der Waals surface area contributed by atoms with Crippen LogP contribution in [0.1, 0.15) is 13.8 Å². The summed E-state index contributed by atoms with van der Waals surface area (Å²) < 4.78 is 38.8. The molecule has 230 valence electrons. The summed E-state index contributed by atoms with van der Waals surface area (Å²) in [5.74, 6) is -4.62. The first-order valence-corrected chi connectivity index (χ1v) is 13.1. The molecule has 2 aliphatic rings. The second-order valence-electron chi connectivity index (χ2n) is 8.84. The lowest BCUT2D eigenvalue weighted by Gasteiger charge is -2.47. The molecule has 2 fully saturated rings. The molecule has 0 aromatic carbocycles. The van der Waals surface area contributed by atoms with Crippen LogP contribution in [0.25, 0.3) is 0 Å². The highest BCUT2D eigenvalue weighted by Gasteiger charge is 2.54. The van der Waals surface area contributed by atoms with Crippen LogP contribution in [0.4, 0.5) is 0 Å². The third kappa shape index (κ3) is 8.59. The van der Waals surface area contributed by atoms with Crippen LogP contribution in [0.5, 0.6) is 0 Å². The quantitative estimate of drug-likeness (QED) is 0.0385. The summed E-state index contributed by atoms with van der Waals surface area (Å²) in [6.45, 7) is 0.586. The van der Waals surface area contributed by atoms with E-state index in [9.17, 15) is 44.3 Å². The number of aliphatic hydroxyl groups excluding tert-OH is 4. The summed E-state index contributed by atoms with van der Waals surface area (Å²) in [5, 5.41) is 59.4. The smallest absolute Gasteiger partial charge is 0.474 e. The van der Waals surface area contributed by atoms with Crippen molar-refractivity contribution >= 4 is 32.0 Å². The standard InChI is InChI=1S/C19H33N4O16P/c1-6(17(30)31)4-35-40(32,33)39-19-14(9(23-34-5-20)13(28)15(38-19)16(21)29)37-18-10(22-7(2)25)12(27)11(26)8(3-24)36-18/h5-6,8-15,18-20,23-24,26-28H,3-4H2,1-2H3,(H2,21,29)(H,22,25)(H,30,31)(H,32,33)/t6-,8?,9?,10?,11+,12+,13?,14+,15-,18-,19-/m0/s1. The summed E-state index contributed by atoms with van der Waals surface area (Å²) in [6, 6.07) is -3.23. The minimum Gasteiger partial charge on any atom is -0.481 e. The maximum atomic E-state index is 12.7. The summed E-state index contributed by atoms with van der Waals surface area (Å²) in [6.07, 6.45) is -14.3. The van der Waals surface area contributed by atoms with Crippen molar-refractivity contribution in [3.8, 4) is 0 Å². The maximum absolute atomic E-state index is 12.7. The second kappa shape index (κ2) is 14.5. The molecular formula is C19H33N4O16P. The number of carbonyl (C=O) groups excluding carboxylic acids is 2. The van der Waals surface area contributed by atoms with E-state index in [-0.39, 0.29) is 0 Å². The number of phosphoric acid groups is 1. The number of aliphatic carboxylic acids is 1. The second-order valence-corrected chi connectivity index (χ2v) is 10.2. The van der Waals surface area contributed by atoms with Gasteiger partial charge in [0.15, 0.2) is 25.1 Å². The van der Waals surface area contributed by atoms with Crippen molar-refractivity contribution in [1.29, 1.82) is 5.41 Å². The van der Waals surface area contributed by atoms with E-state index in [1.165, 1.54) is 6.92 Å². The molecule has 2 rings (SSSR count). The van der Waals surface area contributed by atoms with Crippen LogP contribution in [0.2, 0.25) is 0 Å². The zero-order valence-electron chi connectivity index (χ0n) is 21.1. The molecule has 0 saturated carbocycles. The number of amides is 2. The van der Waals surface area contributed by atoms with Crippen molar-refractivity contribution in [3.05, 3.63) is 0 Å². The number of primary amides is 1. The van der Waals surface area contributed by atoms with Gasteiger partial charge in [0.25, 0.3) is 0 Å². The van der Waals surface area contributed by atoms with Gasteiger partial charge in [0, 0.05) is 6.92 Å². The number of ether oxygens (including phenoxy) is 3. The first kappa shape index (κ1) is 33.9. The van der Waals surface area contributed by atoms with Crippen LogP contribution < -0.4 is 16.5 Å². The predicted octanol–water partition coefficient (Wildman–Crippen LogP) is -4.76. The molecular weight excluding hydrogens is 571 g/mol. The number of hydroxylamine groups is 1. The largest absolute Gasteiger partial charge is 0.481 e. The molecule has 0 aromatic heterocycles. The minimum absolute atomic E-state index is 0.362. The Morgan fingerprint density at radius 2 is 1.77 bits per heavy atom. The topological polar surface area (TPSA) is 319 Å². The van der Waals surface area contributed by atoms with Gasteiger partial charge in [-0.2, -0.15) is 0 Å². The highest BCUT2D eigenvalue weighted by Crippen LogP contribution is 2.47. The Bertz CT molecular complexity index is 959. The molecule has 0 aromatic rings. The van der Waals surface area contributed by atoms with Crippen molar-refractivity contribution < 1.29 is 77.5 Å². The Morgan fingerprint density at radius 3 is 2.30 bits per heavy atom. The number of phosphoric ester groups is 1. The Balaban J connectivity index is 2.47. The van der Waals surface area contributed by atoms with E-state index in [1.54, 1.807) is 0 Å². The third-order valence-corrected chi connectivity index (χ3v) is 6.76. The number of hydrogen-bond donors (Lipinski definition) is 10. The van der Waals surface area contributed by atoms with Crippen molar-refractivity contribution in [1.82, 2.24) is 10.8 Å². The highest BCUT2D eigenvalue weighted by molar-refractivity contribution is 7.47. The summed E-state index contributed by atoms with van der Waals surface area (Å²) >= 11 is 0. The lowest BCUT2D eigenvalue weighted by atomic mass is 9.94. The van der Waals surface area contributed by atoms with Gasteiger partial charge in [0.1, 0.15) is 42.6 Å². The first-order valence-electron chi connectivity index (χ1n) is 11.6. The van der Waals surface area contributed by atoms with E-state index in [1.807, 2.05) is 0 Å². The van der Waals surface area contributed by atoms with Crippen molar-refractivity contribution in [2.75, 3.05) is 13.2 Å². The van der Waals surface area contributed by atoms with Gasteiger partial charge in [0.2, 0.25) is 11.8 Å². The molecule has 40 heavy (non-hydrogen) atoms. The number of nitrogens with two attached hydrogens (primary N) is 1. The maximum Gasteiger partial charge on any atom is 0.474 e. The fourth-order valence-corrected chi connectivity index (χ4v) is 4.66. The van der Waals surface area contributed by atoms with Crippen LogP contribution >= 0.6 is 7.82 Å². The van der Waals surface area contributed by atoms with Gasteiger partial charge in [-0.05, 0) is 6.92 Å². The zero-order valence-corrected chi connectivity index (χ0v) is 22.0. The van der Waals surface area contributed by atoms with Gasteiger partial charge < -0.3 is 60.5 Å². The van der Waals surface area contributed by atoms with Gasteiger partial charge in [0.05, 0.1) is 19.1 Å². The molecule has 20 nitrogen and oxygen atoms in total. The molecule has 0 bridgehead atoms. The molecule has 2 amide bonds. The number of carboxylic acid groups (broad SMARTS) is 1. The zero-order chi connectivity index (χ0) is 30.4. The molecule has 21 heteroatoms. The summed E-state index contributed by atoms with van der Waals surface area (Å²) in [4.78, 5) is 49.6. The van der Waals surface area contributed by atoms with Gasteiger partial charge in [-0.15, -0.1) is 5.48 Å². The fraction of sp³-hybridized carbons (Fsp3) is 0.789. The number of rotatable bonds is 14. The van der Waals surface area contributed by atoms with Gasteiger partial charge >= 0.3 is 13.8 Å². The molecule has 2 saturated heterocycles. The Labute approximate surface area is 226 Å². The van der Waals surface area contributed by atoms with Crippen molar-refractivity contribution in [2.24, 2.45) is 11.7 Å².